The smallest absolute Gasteiger partial charge is 0.251 e. The van der Waals surface area contributed by atoms with Crippen LogP contribution in [0.25, 0.3) is 0 Å². The molecule has 1 aromatic carbocycles. The van der Waals surface area contributed by atoms with Crippen molar-refractivity contribution in [1.29, 1.82) is 10.5 Å². The monoisotopic (exact) mass is 270 g/mol. The highest BCUT2D eigenvalue weighted by Crippen LogP contribution is 2.07. The van der Waals surface area contributed by atoms with Crippen molar-refractivity contribution in [3.63, 3.8) is 0 Å². The van der Waals surface area contributed by atoms with Crippen LogP contribution in [0.15, 0.2) is 24.3 Å². The summed E-state index contributed by atoms with van der Waals surface area (Å²) >= 11 is 0. The van der Waals surface area contributed by atoms with Crippen LogP contribution < -0.4 is 11.1 Å². The third-order valence-corrected chi connectivity index (χ3v) is 2.73. The van der Waals surface area contributed by atoms with Crippen LogP contribution in [-0.4, -0.2) is 17.9 Å². The molecule has 0 aliphatic rings. The maximum atomic E-state index is 11.9. The Labute approximate surface area is 116 Å². The number of nitriles is 2. The van der Waals surface area contributed by atoms with Gasteiger partial charge < -0.3 is 11.1 Å². The van der Waals surface area contributed by atoms with Gasteiger partial charge in [-0.1, -0.05) is 0 Å². The van der Waals surface area contributed by atoms with Gasteiger partial charge >= 0.3 is 0 Å². The summed E-state index contributed by atoms with van der Waals surface area (Å²) in [4.78, 5) is 23.2. The van der Waals surface area contributed by atoms with Gasteiger partial charge in [-0.25, -0.2) is 0 Å². The molecule has 0 aliphatic carbocycles. The first-order valence-electron chi connectivity index (χ1n) is 5.98. The Balaban J connectivity index is 2.78. The molecule has 1 aromatic rings. The normalized spacial score (nSPS) is 12.6. The lowest BCUT2D eigenvalue weighted by Gasteiger charge is -2.16. The summed E-state index contributed by atoms with van der Waals surface area (Å²) in [6, 6.07) is 9.02. The molecule has 0 bridgehead atoms. The molecule has 2 atom stereocenters. The molecule has 102 valence electrons. The number of amides is 2. The van der Waals surface area contributed by atoms with E-state index in [9.17, 15) is 9.59 Å². The maximum absolute atomic E-state index is 11.9. The van der Waals surface area contributed by atoms with Gasteiger partial charge in [0.15, 0.2) is 0 Å². The second-order valence-electron chi connectivity index (χ2n) is 4.38. The van der Waals surface area contributed by atoms with E-state index in [0.29, 0.717) is 11.1 Å². The topological polar surface area (TPSA) is 120 Å². The van der Waals surface area contributed by atoms with Crippen molar-refractivity contribution in [3.8, 4) is 12.1 Å². The number of nitrogens with two attached hydrogens (primary N) is 1. The number of carbonyl (C=O) groups is 2. The predicted molar refractivity (Wildman–Crippen MR) is 71.0 cm³/mol. The average molecular weight is 270 g/mol. The molecule has 20 heavy (non-hydrogen) atoms. The summed E-state index contributed by atoms with van der Waals surface area (Å²) in [7, 11) is 0. The van der Waals surface area contributed by atoms with Crippen LogP contribution in [0.1, 0.15) is 29.3 Å². The van der Waals surface area contributed by atoms with E-state index in [1.807, 2.05) is 12.1 Å². The highest BCUT2D eigenvalue weighted by atomic mass is 16.2. The summed E-state index contributed by atoms with van der Waals surface area (Å²) < 4.78 is 0. The van der Waals surface area contributed by atoms with Gasteiger partial charge in [0.25, 0.3) is 5.91 Å². The standard InChI is InChI=1S/C14H14N4O2/c1-9(7-15)6-12(13(17)19)18-14(20)11-4-2-10(8-16)3-5-11/h2-5,9,12H,6H2,1H3,(H2,17,19)(H,18,20)/t9-,12-/m1/s1. The number of hydrogen-bond acceptors (Lipinski definition) is 4. The number of nitrogens with zero attached hydrogens (tertiary/aromatic N) is 2. The highest BCUT2D eigenvalue weighted by molar-refractivity contribution is 5.97. The van der Waals surface area contributed by atoms with Crippen molar-refractivity contribution < 1.29 is 9.59 Å². The van der Waals surface area contributed by atoms with Crippen LogP contribution in [0.4, 0.5) is 0 Å². The second-order valence-corrected chi connectivity index (χ2v) is 4.38. The van der Waals surface area contributed by atoms with Crippen molar-refractivity contribution in [3.05, 3.63) is 35.4 Å². The number of benzene rings is 1. The zero-order valence-corrected chi connectivity index (χ0v) is 11.0. The van der Waals surface area contributed by atoms with E-state index < -0.39 is 23.8 Å². The van der Waals surface area contributed by atoms with Crippen LogP contribution in [0.2, 0.25) is 0 Å². The van der Waals surface area contributed by atoms with Crippen molar-refractivity contribution >= 4 is 11.8 Å². The Morgan fingerprint density at radius 1 is 1.30 bits per heavy atom. The third kappa shape index (κ3) is 4.11. The van der Waals surface area contributed by atoms with Gasteiger partial charge in [-0.3, -0.25) is 9.59 Å². The first-order valence-corrected chi connectivity index (χ1v) is 5.98. The van der Waals surface area contributed by atoms with Crippen molar-refractivity contribution in [2.75, 3.05) is 0 Å². The fourth-order valence-corrected chi connectivity index (χ4v) is 1.59. The van der Waals surface area contributed by atoms with E-state index >= 15 is 0 Å². The molecular weight excluding hydrogens is 256 g/mol. The van der Waals surface area contributed by atoms with Gasteiger partial charge in [0.05, 0.1) is 17.7 Å². The summed E-state index contributed by atoms with van der Waals surface area (Å²) in [5.41, 5.74) is 5.96. The lowest BCUT2D eigenvalue weighted by atomic mass is 10.0. The second kappa shape index (κ2) is 6.91. The number of rotatable bonds is 5. The molecule has 0 unspecified atom stereocenters. The zero-order valence-electron chi connectivity index (χ0n) is 11.0. The molecule has 6 heteroatoms. The quantitative estimate of drug-likeness (QED) is 0.817. The SMILES string of the molecule is C[C@@H](C#N)C[C@@H](NC(=O)c1ccc(C#N)cc1)C(N)=O. The number of carbonyl (C=O) groups excluding carboxylic acids is 2. The van der Waals surface area contributed by atoms with Gasteiger partial charge in [0.2, 0.25) is 5.91 Å². The van der Waals surface area contributed by atoms with E-state index in [-0.39, 0.29) is 6.42 Å². The molecule has 0 aliphatic heterocycles. The minimum atomic E-state index is -0.896. The summed E-state index contributed by atoms with van der Waals surface area (Å²) in [5, 5.41) is 19.9. The fourth-order valence-electron chi connectivity index (χ4n) is 1.59. The van der Waals surface area contributed by atoms with Crippen LogP contribution in [0, 0.1) is 28.6 Å². The van der Waals surface area contributed by atoms with Gasteiger partial charge in [-0.15, -0.1) is 0 Å². The molecule has 3 N–H and O–H groups in total. The third-order valence-electron chi connectivity index (χ3n) is 2.73. The maximum Gasteiger partial charge on any atom is 0.251 e. The van der Waals surface area contributed by atoms with Crippen LogP contribution >= 0.6 is 0 Å². The summed E-state index contributed by atoms with van der Waals surface area (Å²) in [6.45, 7) is 1.64. The van der Waals surface area contributed by atoms with E-state index in [4.69, 9.17) is 16.3 Å². The summed E-state index contributed by atoms with van der Waals surface area (Å²) in [6.07, 6.45) is 0.161. The molecule has 0 spiro atoms. The Kier molecular flexibility index (Phi) is 5.25. The van der Waals surface area contributed by atoms with E-state index in [2.05, 4.69) is 5.32 Å². The summed E-state index contributed by atoms with van der Waals surface area (Å²) in [5.74, 6) is -1.55. The molecule has 0 heterocycles. The van der Waals surface area contributed by atoms with Gasteiger partial charge in [-0.05, 0) is 37.6 Å². The Bertz CT molecular complexity index is 581. The number of primary amides is 1. The van der Waals surface area contributed by atoms with Gasteiger partial charge in [0, 0.05) is 11.5 Å². The number of nitrogens with one attached hydrogen (secondary N) is 1. The molecule has 1 rings (SSSR count). The molecule has 0 saturated heterocycles. The fraction of sp³-hybridized carbons (Fsp3) is 0.286. The Hall–Kier alpha value is -2.86. The zero-order chi connectivity index (χ0) is 15.1. The molecule has 0 fully saturated rings. The lowest BCUT2D eigenvalue weighted by Crippen LogP contribution is -2.45. The molecule has 6 nitrogen and oxygen atoms in total. The van der Waals surface area contributed by atoms with Crippen LogP contribution in [0.3, 0.4) is 0 Å². The van der Waals surface area contributed by atoms with Crippen LogP contribution in [-0.2, 0) is 4.79 Å². The highest BCUT2D eigenvalue weighted by Gasteiger charge is 2.21. The average Bonchev–Trinajstić information content (AvgIpc) is 2.46. The van der Waals surface area contributed by atoms with Gasteiger partial charge in [-0.2, -0.15) is 10.5 Å². The van der Waals surface area contributed by atoms with E-state index in [0.717, 1.165) is 0 Å². The minimum Gasteiger partial charge on any atom is -0.368 e. The largest absolute Gasteiger partial charge is 0.368 e. The predicted octanol–water partition coefficient (Wildman–Crippen LogP) is 0.692. The lowest BCUT2D eigenvalue weighted by molar-refractivity contribution is -0.120. The van der Waals surface area contributed by atoms with Crippen molar-refractivity contribution in [2.45, 2.75) is 19.4 Å². The van der Waals surface area contributed by atoms with Crippen LogP contribution in [0.5, 0.6) is 0 Å². The molecular formula is C14H14N4O2. The Morgan fingerprint density at radius 2 is 1.90 bits per heavy atom. The first-order chi connectivity index (χ1) is 9.47. The molecule has 0 saturated carbocycles. The Morgan fingerprint density at radius 3 is 2.35 bits per heavy atom. The van der Waals surface area contributed by atoms with E-state index in [1.54, 1.807) is 6.92 Å². The van der Waals surface area contributed by atoms with Crippen molar-refractivity contribution in [1.82, 2.24) is 5.32 Å². The van der Waals surface area contributed by atoms with E-state index in [1.165, 1.54) is 24.3 Å². The molecule has 0 aromatic heterocycles. The minimum absolute atomic E-state index is 0.161. The number of hydrogen-bond donors (Lipinski definition) is 2. The first kappa shape index (κ1) is 15.2. The van der Waals surface area contributed by atoms with Crippen molar-refractivity contribution in [2.24, 2.45) is 11.7 Å². The molecule has 2 amide bonds. The molecule has 0 radical (unpaired) electrons. The van der Waals surface area contributed by atoms with Gasteiger partial charge in [0.1, 0.15) is 6.04 Å².